The Labute approximate surface area is 243 Å². The van der Waals surface area contributed by atoms with Crippen molar-refractivity contribution in [2.45, 2.75) is 61.3 Å². The summed E-state index contributed by atoms with van der Waals surface area (Å²) in [6.07, 6.45) is 5.89. The van der Waals surface area contributed by atoms with Gasteiger partial charge >= 0.3 is 11.9 Å². The summed E-state index contributed by atoms with van der Waals surface area (Å²) in [5.74, 6) is -0.191. The zero-order valence-corrected chi connectivity index (χ0v) is 25.5. The van der Waals surface area contributed by atoms with Gasteiger partial charge in [0.2, 0.25) is 5.78 Å². The van der Waals surface area contributed by atoms with E-state index in [1.807, 2.05) is 13.0 Å². The topological polar surface area (TPSA) is 88.1 Å². The fourth-order valence-electron chi connectivity index (χ4n) is 3.64. The Morgan fingerprint density at radius 3 is 1.78 bits per heavy atom. The van der Waals surface area contributed by atoms with Gasteiger partial charge in [0.05, 0.1) is 30.1 Å². The third kappa shape index (κ3) is 8.68. The highest BCUT2D eigenvalue weighted by atomic mass is 16.5. The fourth-order valence-corrected chi connectivity index (χ4v) is 3.64. The van der Waals surface area contributed by atoms with Gasteiger partial charge in [-0.1, -0.05) is 12.2 Å². The van der Waals surface area contributed by atoms with E-state index in [4.69, 9.17) is 18.9 Å². The number of hydrogen-bond acceptors (Lipinski definition) is 7. The van der Waals surface area contributed by atoms with Crippen molar-refractivity contribution in [3.63, 3.8) is 0 Å². The Morgan fingerprint density at radius 1 is 0.805 bits per heavy atom. The summed E-state index contributed by atoms with van der Waals surface area (Å²) in [4.78, 5) is 38.9. The Balaban J connectivity index is 2.71. The van der Waals surface area contributed by atoms with E-state index in [0.29, 0.717) is 47.6 Å². The monoisotopic (exact) mass is 562 g/mol. The van der Waals surface area contributed by atoms with Gasteiger partial charge in [-0.25, -0.2) is 0 Å². The number of ketones is 1. The Morgan fingerprint density at radius 2 is 1.32 bits per heavy atom. The summed E-state index contributed by atoms with van der Waals surface area (Å²) in [5.41, 5.74) is 0.786. The lowest BCUT2D eigenvalue weighted by atomic mass is 9.95. The molecule has 0 aliphatic heterocycles. The van der Waals surface area contributed by atoms with Gasteiger partial charge in [0, 0.05) is 5.56 Å². The van der Waals surface area contributed by atoms with Crippen LogP contribution >= 0.6 is 0 Å². The average molecular weight is 563 g/mol. The molecule has 0 saturated carbocycles. The quantitative estimate of drug-likeness (QED) is 0.0669. The maximum Gasteiger partial charge on any atom is 0.316 e. The van der Waals surface area contributed by atoms with E-state index in [0.717, 1.165) is 5.56 Å². The van der Waals surface area contributed by atoms with Crippen molar-refractivity contribution in [1.82, 2.24) is 0 Å². The lowest BCUT2D eigenvalue weighted by molar-refractivity contribution is -0.143. The summed E-state index contributed by atoms with van der Waals surface area (Å²) in [6.45, 7) is 20.5. The van der Waals surface area contributed by atoms with Crippen molar-refractivity contribution in [3.05, 3.63) is 83.7 Å². The molecule has 7 heteroatoms. The normalized spacial score (nSPS) is 11.9. The number of hydrogen-bond donors (Lipinski definition) is 0. The zero-order valence-electron chi connectivity index (χ0n) is 25.5. The maximum atomic E-state index is 13.6. The van der Waals surface area contributed by atoms with E-state index < -0.39 is 22.6 Å². The number of methoxy groups -OCH3 is 1. The largest absolute Gasteiger partial charge is 0.493 e. The predicted octanol–water partition coefficient (Wildman–Crippen LogP) is 7.32. The first-order valence-electron chi connectivity index (χ1n) is 13.6. The molecule has 0 amide bonds. The van der Waals surface area contributed by atoms with E-state index >= 15 is 0 Å². The van der Waals surface area contributed by atoms with E-state index in [1.165, 1.54) is 13.2 Å². The third-order valence-corrected chi connectivity index (χ3v) is 5.90. The maximum absolute atomic E-state index is 13.6. The van der Waals surface area contributed by atoms with Crippen LogP contribution < -0.4 is 14.2 Å². The molecule has 2 aromatic carbocycles. The van der Waals surface area contributed by atoms with E-state index in [9.17, 15) is 14.4 Å². The molecule has 0 spiro atoms. The first-order chi connectivity index (χ1) is 19.2. The standard InChI is InChI=1S/C34H42O7/c1-11-14-23-20-24(15-12-2)30(41-32(37)34(7,8)9)26(29(23)39-13-3)21-27(38-10)28(35)22-16-18-25(19-17-22)40-31(36)33(4,5)6/h11-12,16-21H,1-2,13-15H2,3-10H3. The molecule has 0 atom stereocenters. The number of carbonyl (C=O) groups is 3. The lowest BCUT2D eigenvalue weighted by Gasteiger charge is -2.23. The molecule has 0 saturated heterocycles. The summed E-state index contributed by atoms with van der Waals surface area (Å²) in [6, 6.07) is 8.13. The number of benzene rings is 2. The molecule has 41 heavy (non-hydrogen) atoms. The second-order valence-electron chi connectivity index (χ2n) is 11.5. The van der Waals surface area contributed by atoms with Crippen molar-refractivity contribution in [3.8, 4) is 17.2 Å². The number of carbonyl (C=O) groups excluding carboxylic acids is 3. The van der Waals surface area contributed by atoms with Gasteiger partial charge in [0.25, 0.3) is 0 Å². The van der Waals surface area contributed by atoms with Crippen molar-refractivity contribution in [1.29, 1.82) is 0 Å². The summed E-state index contributed by atoms with van der Waals surface area (Å²) >= 11 is 0. The summed E-state index contributed by atoms with van der Waals surface area (Å²) in [7, 11) is 1.39. The van der Waals surface area contributed by atoms with Crippen molar-refractivity contribution >= 4 is 23.8 Å². The molecule has 220 valence electrons. The number of esters is 2. The SMILES string of the molecule is C=CCc1cc(CC=C)c(OC(=O)C(C)(C)C)c(C=C(OC)C(=O)c2ccc(OC(=O)C(C)(C)C)cc2)c1OCC. The molecule has 0 unspecified atom stereocenters. The molecule has 2 aromatic rings. The molecule has 2 rings (SSSR count). The van der Waals surface area contributed by atoms with Gasteiger partial charge in [-0.3, -0.25) is 14.4 Å². The molecular formula is C34H42O7. The number of ether oxygens (including phenoxy) is 4. The number of rotatable bonds is 12. The van der Waals surface area contributed by atoms with Gasteiger partial charge in [-0.2, -0.15) is 0 Å². The smallest absolute Gasteiger partial charge is 0.316 e. The molecule has 0 radical (unpaired) electrons. The minimum Gasteiger partial charge on any atom is -0.493 e. The Hall–Kier alpha value is -4.13. The van der Waals surface area contributed by atoms with Gasteiger partial charge < -0.3 is 18.9 Å². The highest BCUT2D eigenvalue weighted by molar-refractivity contribution is 6.10. The van der Waals surface area contributed by atoms with Crippen LogP contribution in [0.2, 0.25) is 0 Å². The highest BCUT2D eigenvalue weighted by Crippen LogP contribution is 2.40. The van der Waals surface area contributed by atoms with Crippen LogP contribution in [0.5, 0.6) is 17.2 Å². The van der Waals surface area contributed by atoms with Gasteiger partial charge in [0.1, 0.15) is 17.2 Å². The molecule has 0 heterocycles. The zero-order chi connectivity index (χ0) is 31.0. The third-order valence-electron chi connectivity index (χ3n) is 5.90. The first-order valence-corrected chi connectivity index (χ1v) is 13.6. The van der Waals surface area contributed by atoms with Gasteiger partial charge in [0.15, 0.2) is 5.76 Å². The molecule has 7 nitrogen and oxygen atoms in total. The number of Topliss-reactive ketones (excluding diaryl/α,β-unsaturated/α-hetero) is 1. The van der Waals surface area contributed by atoms with Crippen LogP contribution in [0, 0.1) is 10.8 Å². The molecule has 0 aromatic heterocycles. The molecular weight excluding hydrogens is 520 g/mol. The van der Waals surface area contributed by atoms with Crippen LogP contribution in [0.15, 0.2) is 61.4 Å². The summed E-state index contributed by atoms with van der Waals surface area (Å²) in [5, 5.41) is 0. The highest BCUT2D eigenvalue weighted by Gasteiger charge is 2.29. The first kappa shape index (κ1) is 33.1. The fraction of sp³-hybridized carbons (Fsp3) is 0.382. The van der Waals surface area contributed by atoms with E-state index in [-0.39, 0.29) is 17.5 Å². The molecule has 0 bridgehead atoms. The van der Waals surface area contributed by atoms with Crippen LogP contribution in [-0.4, -0.2) is 31.4 Å². The Kier molecular flexibility index (Phi) is 11.3. The van der Waals surface area contributed by atoms with E-state index in [2.05, 4.69) is 13.2 Å². The lowest BCUT2D eigenvalue weighted by Crippen LogP contribution is -2.26. The van der Waals surface area contributed by atoms with Crippen LogP contribution in [0.1, 0.15) is 75.5 Å². The van der Waals surface area contributed by atoms with E-state index in [1.54, 1.807) is 78.0 Å². The average Bonchev–Trinajstić information content (AvgIpc) is 2.89. The molecule has 0 aliphatic rings. The minimum absolute atomic E-state index is 0.00115. The molecule has 0 N–H and O–H groups in total. The summed E-state index contributed by atoms with van der Waals surface area (Å²) < 4.78 is 23.0. The predicted molar refractivity (Wildman–Crippen MR) is 161 cm³/mol. The van der Waals surface area contributed by atoms with Crippen molar-refractivity contribution in [2.24, 2.45) is 10.8 Å². The Bertz CT molecular complexity index is 1320. The minimum atomic E-state index is -0.782. The van der Waals surface area contributed by atoms with Crippen LogP contribution in [-0.2, 0) is 27.2 Å². The molecule has 0 aliphatic carbocycles. The van der Waals surface area contributed by atoms with Crippen LogP contribution in [0.25, 0.3) is 6.08 Å². The number of allylic oxidation sites excluding steroid dienone is 3. The second kappa shape index (κ2) is 14.0. The van der Waals surface area contributed by atoms with Crippen LogP contribution in [0.3, 0.4) is 0 Å². The van der Waals surface area contributed by atoms with Crippen LogP contribution in [0.4, 0.5) is 0 Å². The van der Waals surface area contributed by atoms with Crippen molar-refractivity contribution < 1.29 is 33.3 Å². The second-order valence-corrected chi connectivity index (χ2v) is 11.5. The molecule has 0 fully saturated rings. The van der Waals surface area contributed by atoms with Gasteiger partial charge in [-0.15, -0.1) is 13.2 Å². The van der Waals surface area contributed by atoms with Gasteiger partial charge in [-0.05, 0) is 109 Å². The van der Waals surface area contributed by atoms with Crippen molar-refractivity contribution in [2.75, 3.05) is 13.7 Å².